The number of halogens is 3. The van der Waals surface area contributed by atoms with Crippen LogP contribution in [-0.4, -0.2) is 47.5 Å². The highest BCUT2D eigenvalue weighted by Gasteiger charge is 2.45. The van der Waals surface area contributed by atoms with Crippen molar-refractivity contribution >= 4 is 12.0 Å². The molecule has 0 aliphatic carbocycles. The lowest BCUT2D eigenvalue weighted by Gasteiger charge is -2.22. The first-order valence-electron chi connectivity index (χ1n) is 10.2. The van der Waals surface area contributed by atoms with Gasteiger partial charge in [0.2, 0.25) is 0 Å². The van der Waals surface area contributed by atoms with Gasteiger partial charge in [0.05, 0.1) is 25.3 Å². The molecule has 32 heavy (non-hydrogen) atoms. The predicted molar refractivity (Wildman–Crippen MR) is 110 cm³/mol. The minimum Gasteiger partial charge on any atom is -0.346 e. The van der Waals surface area contributed by atoms with Crippen molar-refractivity contribution in [2.24, 2.45) is 0 Å². The number of nitrogens with zero attached hydrogens (tertiary/aromatic N) is 3. The van der Waals surface area contributed by atoms with Crippen LogP contribution in [0, 0.1) is 25.2 Å². The molecule has 1 aromatic carbocycles. The third-order valence-corrected chi connectivity index (χ3v) is 5.85. The number of carbonyl (C=O) groups excluding carboxylic acids is 1. The number of hydrogen-bond donors (Lipinski definition) is 0. The average molecular weight is 445 g/mol. The van der Waals surface area contributed by atoms with E-state index in [1.165, 1.54) is 17.0 Å². The Morgan fingerprint density at radius 1 is 1.22 bits per heavy atom. The average Bonchev–Trinajstić information content (AvgIpc) is 3.46. The zero-order valence-electron chi connectivity index (χ0n) is 17.7. The summed E-state index contributed by atoms with van der Waals surface area (Å²) in [7, 11) is 0. The number of ether oxygens (including phenoxy) is 2. The maximum atomic E-state index is 13.1. The zero-order chi connectivity index (χ0) is 23.1. The van der Waals surface area contributed by atoms with E-state index in [1.54, 1.807) is 30.5 Å². The number of likely N-dealkylation sites (tertiary alicyclic amines) is 1. The Hall–Kier alpha value is -3.09. The molecule has 1 amide bonds. The molecule has 2 aliphatic heterocycles. The first kappa shape index (κ1) is 22.1. The quantitative estimate of drug-likeness (QED) is 0.529. The Bertz CT molecular complexity index is 1120. The van der Waals surface area contributed by atoms with Crippen LogP contribution in [0.1, 0.15) is 28.9 Å². The molecule has 0 N–H and O–H groups in total. The number of aryl methyl sites for hydroxylation is 1. The van der Waals surface area contributed by atoms with E-state index in [0.717, 1.165) is 12.1 Å². The molecule has 3 heterocycles. The molecule has 2 fully saturated rings. The van der Waals surface area contributed by atoms with Crippen molar-refractivity contribution in [1.29, 1.82) is 5.26 Å². The van der Waals surface area contributed by atoms with Crippen molar-refractivity contribution < 1.29 is 27.4 Å². The van der Waals surface area contributed by atoms with Gasteiger partial charge in [-0.1, -0.05) is 6.07 Å². The largest absolute Gasteiger partial charge is 0.416 e. The number of nitriles is 1. The zero-order valence-corrected chi connectivity index (χ0v) is 17.7. The van der Waals surface area contributed by atoms with E-state index in [4.69, 9.17) is 9.47 Å². The SMILES string of the molecule is Cc1cc(/C=C(/C#N)C(=O)N2CCC3(C2)OCCO3)c(C)n1-c1cccc(C(F)(F)F)c1. The first-order valence-corrected chi connectivity index (χ1v) is 10.2. The fourth-order valence-electron chi connectivity index (χ4n) is 4.28. The fraction of sp³-hybridized carbons (Fsp3) is 0.391. The number of carbonyl (C=O) groups is 1. The van der Waals surface area contributed by atoms with Crippen LogP contribution in [0.15, 0.2) is 35.9 Å². The Kier molecular flexibility index (Phi) is 5.61. The summed E-state index contributed by atoms with van der Waals surface area (Å²) in [6.07, 6.45) is -2.43. The third kappa shape index (κ3) is 4.04. The van der Waals surface area contributed by atoms with E-state index in [1.807, 2.05) is 6.07 Å². The number of aromatic nitrogens is 1. The lowest BCUT2D eigenvalue weighted by atomic mass is 10.1. The van der Waals surface area contributed by atoms with Crippen LogP contribution in [0.2, 0.25) is 0 Å². The van der Waals surface area contributed by atoms with E-state index in [9.17, 15) is 23.2 Å². The van der Waals surface area contributed by atoms with Crippen LogP contribution in [0.5, 0.6) is 0 Å². The van der Waals surface area contributed by atoms with Gasteiger partial charge in [-0.15, -0.1) is 0 Å². The van der Waals surface area contributed by atoms with E-state index in [2.05, 4.69) is 0 Å². The van der Waals surface area contributed by atoms with Gasteiger partial charge < -0.3 is 18.9 Å². The van der Waals surface area contributed by atoms with Crippen LogP contribution >= 0.6 is 0 Å². The summed E-state index contributed by atoms with van der Waals surface area (Å²) in [5, 5.41) is 9.62. The van der Waals surface area contributed by atoms with Gasteiger partial charge in [0, 0.05) is 30.0 Å². The monoisotopic (exact) mass is 445 g/mol. The number of rotatable bonds is 3. The van der Waals surface area contributed by atoms with Gasteiger partial charge in [0.15, 0.2) is 5.79 Å². The van der Waals surface area contributed by atoms with Gasteiger partial charge in [0.1, 0.15) is 11.6 Å². The molecule has 1 spiro atoms. The molecular weight excluding hydrogens is 423 g/mol. The molecule has 0 saturated carbocycles. The molecule has 4 rings (SSSR count). The summed E-state index contributed by atoms with van der Waals surface area (Å²) in [4.78, 5) is 14.5. The van der Waals surface area contributed by atoms with Crippen LogP contribution in [0.4, 0.5) is 13.2 Å². The smallest absolute Gasteiger partial charge is 0.346 e. The van der Waals surface area contributed by atoms with Crippen LogP contribution in [0.3, 0.4) is 0 Å². The topological polar surface area (TPSA) is 67.5 Å². The molecule has 6 nitrogen and oxygen atoms in total. The Labute approximate surface area is 183 Å². The number of amides is 1. The molecule has 0 atom stereocenters. The van der Waals surface area contributed by atoms with E-state index in [0.29, 0.717) is 48.8 Å². The summed E-state index contributed by atoms with van der Waals surface area (Å²) >= 11 is 0. The standard InChI is InChI=1S/C23H22F3N3O3/c1-15-10-17(16(2)29(15)20-5-3-4-19(12-20)23(24,25)26)11-18(13-27)21(30)28-7-6-22(14-28)31-8-9-32-22/h3-5,10-12H,6-9,14H2,1-2H3/b18-11-. The predicted octanol–water partition coefficient (Wildman–Crippen LogP) is 4.00. The normalized spacial score (nSPS) is 18.4. The molecule has 0 unspecified atom stereocenters. The van der Waals surface area contributed by atoms with Gasteiger partial charge in [-0.3, -0.25) is 4.79 Å². The molecule has 0 radical (unpaired) electrons. The molecule has 2 aliphatic rings. The minimum atomic E-state index is -4.45. The molecular formula is C23H22F3N3O3. The van der Waals surface area contributed by atoms with Crippen molar-refractivity contribution in [3.8, 4) is 11.8 Å². The maximum Gasteiger partial charge on any atom is 0.416 e. The molecule has 1 aromatic heterocycles. The lowest BCUT2D eigenvalue weighted by molar-refractivity contribution is -0.150. The summed E-state index contributed by atoms with van der Waals surface area (Å²) in [6, 6.07) is 8.75. The summed E-state index contributed by atoms with van der Waals surface area (Å²) in [6.45, 7) is 5.13. The van der Waals surface area contributed by atoms with Gasteiger partial charge in [0.25, 0.3) is 5.91 Å². The van der Waals surface area contributed by atoms with Gasteiger partial charge in [-0.2, -0.15) is 18.4 Å². The molecule has 2 saturated heterocycles. The summed E-state index contributed by atoms with van der Waals surface area (Å²) in [5.41, 5.74) is 1.47. The highest BCUT2D eigenvalue weighted by molar-refractivity contribution is 6.02. The Balaban J connectivity index is 1.63. The van der Waals surface area contributed by atoms with Gasteiger partial charge in [-0.25, -0.2) is 0 Å². The minimum absolute atomic E-state index is 0.0515. The second-order valence-corrected chi connectivity index (χ2v) is 7.96. The molecule has 168 valence electrons. The first-order chi connectivity index (χ1) is 15.1. The summed E-state index contributed by atoms with van der Waals surface area (Å²) < 4.78 is 52.4. The van der Waals surface area contributed by atoms with Crippen molar-refractivity contribution in [1.82, 2.24) is 9.47 Å². The van der Waals surface area contributed by atoms with Crippen LogP contribution in [-0.2, 0) is 20.4 Å². The lowest BCUT2D eigenvalue weighted by Crippen LogP contribution is -2.37. The highest BCUT2D eigenvalue weighted by atomic mass is 19.4. The van der Waals surface area contributed by atoms with Crippen molar-refractivity contribution in [3.63, 3.8) is 0 Å². The van der Waals surface area contributed by atoms with E-state index >= 15 is 0 Å². The third-order valence-electron chi connectivity index (χ3n) is 5.85. The van der Waals surface area contributed by atoms with Crippen molar-refractivity contribution in [3.05, 3.63) is 58.4 Å². The van der Waals surface area contributed by atoms with E-state index in [-0.39, 0.29) is 12.1 Å². The van der Waals surface area contributed by atoms with Crippen LogP contribution < -0.4 is 0 Å². The molecule has 0 bridgehead atoms. The highest BCUT2D eigenvalue weighted by Crippen LogP contribution is 2.33. The number of hydrogen-bond acceptors (Lipinski definition) is 4. The van der Waals surface area contributed by atoms with Gasteiger partial charge in [-0.05, 0) is 49.8 Å². The maximum absolute atomic E-state index is 13.1. The van der Waals surface area contributed by atoms with Crippen LogP contribution in [0.25, 0.3) is 11.8 Å². The Morgan fingerprint density at radius 3 is 2.59 bits per heavy atom. The van der Waals surface area contributed by atoms with Crippen molar-refractivity contribution in [2.45, 2.75) is 32.2 Å². The number of benzene rings is 1. The Morgan fingerprint density at radius 2 is 1.94 bits per heavy atom. The molecule has 2 aromatic rings. The fourth-order valence-corrected chi connectivity index (χ4v) is 4.28. The second kappa shape index (κ2) is 8.11. The molecule has 9 heteroatoms. The van der Waals surface area contributed by atoms with Gasteiger partial charge >= 0.3 is 6.18 Å². The second-order valence-electron chi connectivity index (χ2n) is 7.96. The van der Waals surface area contributed by atoms with Crippen molar-refractivity contribution in [2.75, 3.05) is 26.3 Å². The van der Waals surface area contributed by atoms with E-state index < -0.39 is 23.4 Å². The number of alkyl halides is 3. The summed E-state index contributed by atoms with van der Waals surface area (Å²) in [5.74, 6) is -1.21.